The fourth-order valence-electron chi connectivity index (χ4n) is 2.12. The van der Waals surface area contributed by atoms with Gasteiger partial charge < -0.3 is 47.3 Å². The van der Waals surface area contributed by atoms with Gasteiger partial charge in [0.15, 0.2) is 0 Å². The highest BCUT2D eigenvalue weighted by Gasteiger charge is 2.26. The molecule has 10 N–H and O–H groups in total. The van der Waals surface area contributed by atoms with E-state index in [0.717, 1.165) is 19.4 Å². The van der Waals surface area contributed by atoms with Crippen LogP contribution in [-0.2, 0) is 28.7 Å². The molecule has 0 unspecified atom stereocenters. The summed E-state index contributed by atoms with van der Waals surface area (Å²) >= 11 is 0. The number of amides is 1. The van der Waals surface area contributed by atoms with Gasteiger partial charge in [-0.25, -0.2) is 4.79 Å². The van der Waals surface area contributed by atoms with Crippen molar-refractivity contribution >= 4 is 29.8 Å². The fourth-order valence-corrected chi connectivity index (χ4v) is 2.12. The SMILES string of the molecule is N[C@H](COC(=O)[C@@H](N)CO)C(=O)O.O=C(O)[C@@H]1CCCN1.O=C1CC[C@@H](C(=O)O)N1. The molecule has 14 nitrogen and oxygen atoms in total. The number of esters is 1. The van der Waals surface area contributed by atoms with Crippen molar-refractivity contribution in [2.45, 2.75) is 49.9 Å². The zero-order valence-corrected chi connectivity index (χ0v) is 16.2. The van der Waals surface area contributed by atoms with Crippen molar-refractivity contribution in [2.24, 2.45) is 11.5 Å². The molecule has 2 fully saturated rings. The number of carbonyl (C=O) groups is 5. The van der Waals surface area contributed by atoms with E-state index in [4.69, 9.17) is 31.9 Å². The third kappa shape index (κ3) is 11.3. The van der Waals surface area contributed by atoms with Crippen LogP contribution in [0.4, 0.5) is 0 Å². The van der Waals surface area contributed by atoms with Crippen LogP contribution in [0.15, 0.2) is 0 Å². The third-order valence-electron chi connectivity index (χ3n) is 3.87. The summed E-state index contributed by atoms with van der Waals surface area (Å²) in [5.74, 6) is -3.98. The van der Waals surface area contributed by atoms with E-state index in [1.54, 1.807) is 0 Å². The molecule has 2 aliphatic heterocycles. The van der Waals surface area contributed by atoms with E-state index in [0.29, 0.717) is 12.8 Å². The van der Waals surface area contributed by atoms with Gasteiger partial charge in [0.1, 0.15) is 30.8 Å². The topological polar surface area (TPSA) is 252 Å². The van der Waals surface area contributed by atoms with Crippen LogP contribution in [0.3, 0.4) is 0 Å². The van der Waals surface area contributed by atoms with Crippen molar-refractivity contribution in [3.63, 3.8) is 0 Å². The molecule has 4 atom stereocenters. The van der Waals surface area contributed by atoms with Crippen molar-refractivity contribution in [1.82, 2.24) is 10.6 Å². The maximum atomic E-state index is 10.7. The maximum Gasteiger partial charge on any atom is 0.326 e. The van der Waals surface area contributed by atoms with E-state index in [2.05, 4.69) is 15.4 Å². The molecule has 0 aromatic rings. The second-order valence-corrected chi connectivity index (χ2v) is 6.35. The minimum absolute atomic E-state index is 0.164. The van der Waals surface area contributed by atoms with E-state index in [9.17, 15) is 24.0 Å². The van der Waals surface area contributed by atoms with Gasteiger partial charge in [0.2, 0.25) is 5.91 Å². The molecule has 2 heterocycles. The van der Waals surface area contributed by atoms with Crippen molar-refractivity contribution in [3.05, 3.63) is 0 Å². The molecule has 1 amide bonds. The highest BCUT2D eigenvalue weighted by molar-refractivity contribution is 5.87. The van der Waals surface area contributed by atoms with Gasteiger partial charge in [0.05, 0.1) is 6.61 Å². The van der Waals surface area contributed by atoms with Gasteiger partial charge in [-0.05, 0) is 25.8 Å². The zero-order valence-electron chi connectivity index (χ0n) is 16.2. The van der Waals surface area contributed by atoms with Crippen LogP contribution >= 0.6 is 0 Å². The Bertz CT molecular complexity index is 609. The Balaban J connectivity index is 0.000000434. The second kappa shape index (κ2) is 14.2. The molecular weight excluding hydrogens is 408 g/mol. The summed E-state index contributed by atoms with van der Waals surface area (Å²) in [6.07, 6.45) is 2.55. The summed E-state index contributed by atoms with van der Waals surface area (Å²) in [5, 5.41) is 38.5. The van der Waals surface area contributed by atoms with Gasteiger partial charge >= 0.3 is 23.9 Å². The number of carbonyl (C=O) groups excluding carboxylic acids is 2. The van der Waals surface area contributed by atoms with Gasteiger partial charge in [0, 0.05) is 6.42 Å². The van der Waals surface area contributed by atoms with E-state index < -0.39 is 55.2 Å². The molecule has 2 rings (SSSR count). The van der Waals surface area contributed by atoms with Crippen molar-refractivity contribution in [3.8, 4) is 0 Å². The normalized spacial score (nSPS) is 21.6. The monoisotopic (exact) mass is 436 g/mol. The van der Waals surface area contributed by atoms with Crippen LogP contribution in [0, 0.1) is 0 Å². The van der Waals surface area contributed by atoms with E-state index >= 15 is 0 Å². The number of nitrogens with one attached hydrogen (secondary N) is 2. The summed E-state index contributed by atoms with van der Waals surface area (Å²) < 4.78 is 4.39. The van der Waals surface area contributed by atoms with Gasteiger partial charge in [-0.15, -0.1) is 0 Å². The number of aliphatic carboxylic acids is 3. The Labute approximate surface area is 171 Å². The summed E-state index contributed by atoms with van der Waals surface area (Å²) in [6.45, 7) is -0.153. The van der Waals surface area contributed by atoms with Crippen LogP contribution in [0.5, 0.6) is 0 Å². The molecule has 0 aliphatic carbocycles. The quantitative estimate of drug-likeness (QED) is 0.180. The van der Waals surface area contributed by atoms with Crippen molar-refractivity contribution in [2.75, 3.05) is 19.8 Å². The van der Waals surface area contributed by atoms with Crippen LogP contribution in [0.25, 0.3) is 0 Å². The number of nitrogens with two attached hydrogens (primary N) is 2. The summed E-state index contributed by atoms with van der Waals surface area (Å²) in [5.41, 5.74) is 10.1. The maximum absolute atomic E-state index is 10.7. The minimum Gasteiger partial charge on any atom is -0.480 e. The Kier molecular flexibility index (Phi) is 12.9. The standard InChI is InChI=1S/C6H12N2O5.C5H7NO3.C5H9NO2/c7-3(1-9)6(12)13-2-4(8)5(10)11;7-4-2-1-3(6-4)5(8)9;7-5(8)4-2-1-3-6-4/h3-4,9H,1-2,7-8H2,(H,10,11);3H,1-2H2,(H,6,7)(H,8,9);4,6H,1-3H2,(H,7,8)/t3-,4+;3-;4-/m000/s1. The number of carboxylic acids is 3. The highest BCUT2D eigenvalue weighted by Crippen LogP contribution is 2.05. The lowest BCUT2D eigenvalue weighted by molar-refractivity contribution is -0.149. The van der Waals surface area contributed by atoms with Crippen LogP contribution < -0.4 is 22.1 Å². The second-order valence-electron chi connectivity index (χ2n) is 6.35. The van der Waals surface area contributed by atoms with E-state index in [-0.39, 0.29) is 11.9 Å². The number of carboxylic acid groups (broad SMARTS) is 3. The molecule has 0 aromatic heterocycles. The highest BCUT2D eigenvalue weighted by atomic mass is 16.5. The van der Waals surface area contributed by atoms with Gasteiger partial charge in [-0.2, -0.15) is 0 Å². The van der Waals surface area contributed by atoms with E-state index in [1.165, 1.54) is 0 Å². The van der Waals surface area contributed by atoms with Crippen LogP contribution in [0.1, 0.15) is 25.7 Å². The Morgan fingerprint density at radius 2 is 1.63 bits per heavy atom. The number of hydrogen-bond acceptors (Lipinski definition) is 10. The summed E-state index contributed by atoms with van der Waals surface area (Å²) in [4.78, 5) is 51.6. The minimum atomic E-state index is -1.27. The largest absolute Gasteiger partial charge is 0.480 e. The van der Waals surface area contributed by atoms with Crippen LogP contribution in [-0.4, -0.2) is 94.1 Å². The van der Waals surface area contributed by atoms with Crippen molar-refractivity contribution in [1.29, 1.82) is 0 Å². The molecule has 172 valence electrons. The van der Waals surface area contributed by atoms with Crippen LogP contribution in [0.2, 0.25) is 0 Å². The molecule has 30 heavy (non-hydrogen) atoms. The lowest BCUT2D eigenvalue weighted by Crippen LogP contribution is -2.40. The molecular formula is C16H28N4O10. The molecule has 0 aromatic carbocycles. The molecule has 0 bridgehead atoms. The number of rotatable bonds is 7. The Morgan fingerprint density at radius 3 is 1.93 bits per heavy atom. The summed E-state index contributed by atoms with van der Waals surface area (Å²) in [7, 11) is 0. The molecule has 2 saturated heterocycles. The first kappa shape index (κ1) is 27.2. The fraction of sp³-hybridized carbons (Fsp3) is 0.688. The molecule has 0 radical (unpaired) electrons. The van der Waals surface area contributed by atoms with Gasteiger partial charge in [0.25, 0.3) is 0 Å². The molecule has 0 spiro atoms. The Hall–Kier alpha value is -2.81. The number of aliphatic hydroxyl groups is 1. The molecule has 14 heteroatoms. The first-order valence-corrected chi connectivity index (χ1v) is 8.99. The summed E-state index contributed by atoms with van der Waals surface area (Å²) in [6, 6.07) is -3.33. The predicted octanol–water partition coefficient (Wildman–Crippen LogP) is -3.57. The predicted molar refractivity (Wildman–Crippen MR) is 99.1 cm³/mol. The zero-order chi connectivity index (χ0) is 23.3. The number of aliphatic hydroxyl groups excluding tert-OH is 1. The first-order valence-electron chi connectivity index (χ1n) is 8.99. The number of hydrogen-bond donors (Lipinski definition) is 8. The molecule has 2 aliphatic rings. The first-order chi connectivity index (χ1) is 14.0. The number of ether oxygens (including phenoxy) is 1. The lowest BCUT2D eigenvalue weighted by atomic mass is 10.2. The molecule has 0 saturated carbocycles. The van der Waals surface area contributed by atoms with Crippen molar-refractivity contribution < 1.29 is 49.1 Å². The van der Waals surface area contributed by atoms with Gasteiger partial charge in [-0.3, -0.25) is 19.2 Å². The average molecular weight is 436 g/mol. The van der Waals surface area contributed by atoms with Gasteiger partial charge in [-0.1, -0.05) is 0 Å². The smallest absolute Gasteiger partial charge is 0.326 e. The third-order valence-corrected chi connectivity index (χ3v) is 3.87. The Morgan fingerprint density at radius 1 is 1.03 bits per heavy atom. The lowest BCUT2D eigenvalue weighted by Gasteiger charge is -2.10. The van der Waals surface area contributed by atoms with E-state index in [1.807, 2.05) is 0 Å². The average Bonchev–Trinajstić information content (AvgIpc) is 3.38.